The fraction of sp³-hybridized carbons (Fsp3) is 0.364. The van der Waals surface area contributed by atoms with E-state index in [-0.39, 0.29) is 11.7 Å². The van der Waals surface area contributed by atoms with Gasteiger partial charge in [-0.1, -0.05) is 6.92 Å². The minimum Gasteiger partial charge on any atom is -0.334 e. The predicted molar refractivity (Wildman–Crippen MR) is 51.4 cm³/mol. The molecular formula is C11H12FNO. The second kappa shape index (κ2) is 3.40. The molecule has 1 aliphatic heterocycles. The van der Waals surface area contributed by atoms with E-state index < -0.39 is 0 Å². The first kappa shape index (κ1) is 9.19. The molecule has 3 heteroatoms. The molecule has 0 spiro atoms. The van der Waals surface area contributed by atoms with Gasteiger partial charge in [-0.25, -0.2) is 4.39 Å². The van der Waals surface area contributed by atoms with Gasteiger partial charge in [-0.2, -0.15) is 0 Å². The van der Waals surface area contributed by atoms with E-state index in [2.05, 4.69) is 0 Å². The number of halogens is 1. The maximum Gasteiger partial charge on any atom is 0.254 e. The number of rotatable bonds is 2. The van der Waals surface area contributed by atoms with Crippen LogP contribution in [0.5, 0.6) is 0 Å². The lowest BCUT2D eigenvalue weighted by molar-refractivity contribution is 0.0778. The van der Waals surface area contributed by atoms with Gasteiger partial charge in [0.1, 0.15) is 5.82 Å². The van der Waals surface area contributed by atoms with Gasteiger partial charge in [-0.15, -0.1) is 0 Å². The highest BCUT2D eigenvalue weighted by Gasteiger charge is 2.26. The molecule has 74 valence electrons. The van der Waals surface area contributed by atoms with E-state index in [9.17, 15) is 9.18 Å². The molecule has 1 aromatic rings. The minimum absolute atomic E-state index is 0.0295. The number of amides is 1. The highest BCUT2D eigenvalue weighted by atomic mass is 19.1. The maximum atomic E-state index is 12.9. The van der Waals surface area contributed by atoms with Crippen molar-refractivity contribution in [2.24, 2.45) is 0 Å². The quantitative estimate of drug-likeness (QED) is 0.705. The minimum atomic E-state index is -0.269. The summed E-state index contributed by atoms with van der Waals surface area (Å²) in [7, 11) is 0. The lowest BCUT2D eigenvalue weighted by Gasteiger charge is -2.13. The fourth-order valence-electron chi connectivity index (χ4n) is 1.80. The van der Waals surface area contributed by atoms with Crippen molar-refractivity contribution in [2.45, 2.75) is 19.9 Å². The van der Waals surface area contributed by atoms with E-state index in [1.54, 1.807) is 11.0 Å². The van der Waals surface area contributed by atoms with Crippen LogP contribution in [-0.2, 0) is 6.54 Å². The summed E-state index contributed by atoms with van der Waals surface area (Å²) in [5.74, 6) is -0.239. The van der Waals surface area contributed by atoms with Gasteiger partial charge in [0.15, 0.2) is 0 Å². The Morgan fingerprint density at radius 1 is 1.50 bits per heavy atom. The summed E-state index contributed by atoms with van der Waals surface area (Å²) in [4.78, 5) is 13.5. The number of nitrogens with zero attached hydrogens (tertiary/aromatic N) is 1. The first-order valence-corrected chi connectivity index (χ1v) is 4.80. The van der Waals surface area contributed by atoms with Crippen molar-refractivity contribution in [3.63, 3.8) is 0 Å². The van der Waals surface area contributed by atoms with Gasteiger partial charge in [0, 0.05) is 18.7 Å². The Balaban J connectivity index is 2.31. The Morgan fingerprint density at radius 3 is 3.00 bits per heavy atom. The average Bonchev–Trinajstić information content (AvgIpc) is 2.44. The molecule has 1 aliphatic rings. The summed E-state index contributed by atoms with van der Waals surface area (Å²) in [6.07, 6.45) is 0.933. The molecule has 0 N–H and O–H groups in total. The van der Waals surface area contributed by atoms with Crippen LogP contribution in [0.1, 0.15) is 29.3 Å². The van der Waals surface area contributed by atoms with Crippen LogP contribution in [-0.4, -0.2) is 17.4 Å². The summed E-state index contributed by atoms with van der Waals surface area (Å²) < 4.78 is 12.9. The molecule has 0 bridgehead atoms. The number of hydrogen-bond donors (Lipinski definition) is 0. The fourth-order valence-corrected chi connectivity index (χ4v) is 1.80. The van der Waals surface area contributed by atoms with E-state index in [0.717, 1.165) is 18.5 Å². The van der Waals surface area contributed by atoms with Gasteiger partial charge >= 0.3 is 0 Å². The first-order valence-electron chi connectivity index (χ1n) is 4.80. The highest BCUT2D eigenvalue weighted by Crippen LogP contribution is 2.23. The zero-order valence-corrected chi connectivity index (χ0v) is 8.09. The molecule has 0 atom stereocenters. The number of fused-ring (bicyclic) bond motifs is 1. The van der Waals surface area contributed by atoms with Crippen LogP contribution < -0.4 is 0 Å². The molecule has 1 aromatic carbocycles. The molecule has 0 unspecified atom stereocenters. The van der Waals surface area contributed by atoms with Crippen LogP contribution in [0.4, 0.5) is 4.39 Å². The lowest BCUT2D eigenvalue weighted by Crippen LogP contribution is -2.24. The second-order valence-electron chi connectivity index (χ2n) is 3.53. The number of hydrogen-bond acceptors (Lipinski definition) is 1. The molecular weight excluding hydrogens is 181 g/mol. The van der Waals surface area contributed by atoms with Crippen molar-refractivity contribution < 1.29 is 9.18 Å². The molecule has 2 rings (SSSR count). The third-order valence-corrected chi connectivity index (χ3v) is 2.44. The van der Waals surface area contributed by atoms with Crippen molar-refractivity contribution in [1.29, 1.82) is 0 Å². The Kier molecular flexibility index (Phi) is 2.23. The molecule has 0 aliphatic carbocycles. The maximum absolute atomic E-state index is 12.9. The molecule has 0 fully saturated rings. The van der Waals surface area contributed by atoms with Crippen LogP contribution in [0.2, 0.25) is 0 Å². The van der Waals surface area contributed by atoms with Crippen LogP contribution in [0, 0.1) is 5.82 Å². The molecule has 1 amide bonds. The summed E-state index contributed by atoms with van der Waals surface area (Å²) in [5.41, 5.74) is 1.46. The van der Waals surface area contributed by atoms with Gasteiger partial charge in [0.2, 0.25) is 0 Å². The van der Waals surface area contributed by atoms with E-state index in [1.807, 2.05) is 6.92 Å². The van der Waals surface area contributed by atoms with E-state index in [4.69, 9.17) is 0 Å². The summed E-state index contributed by atoms with van der Waals surface area (Å²) in [5, 5.41) is 0. The van der Waals surface area contributed by atoms with E-state index in [1.165, 1.54) is 12.1 Å². The van der Waals surface area contributed by atoms with Crippen molar-refractivity contribution in [2.75, 3.05) is 6.54 Å². The van der Waals surface area contributed by atoms with Crippen LogP contribution in [0.15, 0.2) is 18.2 Å². The number of carbonyl (C=O) groups excluding carboxylic acids is 1. The zero-order chi connectivity index (χ0) is 10.1. The molecule has 1 heterocycles. The average molecular weight is 193 g/mol. The lowest BCUT2D eigenvalue weighted by atomic mass is 10.1. The summed E-state index contributed by atoms with van der Waals surface area (Å²) in [6, 6.07) is 4.36. The molecule has 0 aromatic heterocycles. The Hall–Kier alpha value is -1.38. The van der Waals surface area contributed by atoms with Gasteiger partial charge in [-0.05, 0) is 30.2 Å². The Bertz CT molecular complexity index is 376. The second-order valence-corrected chi connectivity index (χ2v) is 3.53. The van der Waals surface area contributed by atoms with Gasteiger partial charge in [0.25, 0.3) is 5.91 Å². The highest BCUT2D eigenvalue weighted by molar-refractivity contribution is 5.98. The molecule has 2 nitrogen and oxygen atoms in total. The SMILES string of the molecule is CCCN1Cc2cc(F)ccc2C1=O. The summed E-state index contributed by atoms with van der Waals surface area (Å²) >= 11 is 0. The van der Waals surface area contributed by atoms with Gasteiger partial charge in [0.05, 0.1) is 0 Å². The van der Waals surface area contributed by atoms with E-state index >= 15 is 0 Å². The topological polar surface area (TPSA) is 20.3 Å². The van der Waals surface area contributed by atoms with Gasteiger partial charge < -0.3 is 4.90 Å². The Labute approximate surface area is 82.3 Å². The van der Waals surface area contributed by atoms with Crippen LogP contribution >= 0.6 is 0 Å². The first-order chi connectivity index (χ1) is 6.72. The number of benzene rings is 1. The normalized spacial score (nSPS) is 14.7. The monoisotopic (exact) mass is 193 g/mol. The van der Waals surface area contributed by atoms with Crippen LogP contribution in [0.25, 0.3) is 0 Å². The zero-order valence-electron chi connectivity index (χ0n) is 8.09. The molecule has 0 saturated heterocycles. The largest absolute Gasteiger partial charge is 0.334 e. The van der Waals surface area contributed by atoms with Crippen LogP contribution in [0.3, 0.4) is 0 Å². The Morgan fingerprint density at radius 2 is 2.29 bits per heavy atom. The van der Waals surface area contributed by atoms with Crippen molar-refractivity contribution >= 4 is 5.91 Å². The van der Waals surface area contributed by atoms with Crippen molar-refractivity contribution in [1.82, 2.24) is 4.90 Å². The standard InChI is InChI=1S/C11H12FNO/c1-2-5-13-7-8-6-9(12)3-4-10(8)11(13)14/h3-4,6H,2,5,7H2,1H3. The third-order valence-electron chi connectivity index (χ3n) is 2.44. The van der Waals surface area contributed by atoms with Crippen molar-refractivity contribution in [3.05, 3.63) is 35.1 Å². The molecule has 0 radical (unpaired) electrons. The predicted octanol–water partition coefficient (Wildman–Crippen LogP) is 2.19. The molecule has 14 heavy (non-hydrogen) atoms. The third kappa shape index (κ3) is 1.39. The van der Waals surface area contributed by atoms with E-state index in [0.29, 0.717) is 12.1 Å². The van der Waals surface area contributed by atoms with Gasteiger partial charge in [-0.3, -0.25) is 4.79 Å². The van der Waals surface area contributed by atoms with Crippen molar-refractivity contribution in [3.8, 4) is 0 Å². The number of carbonyl (C=O) groups is 1. The molecule has 0 saturated carbocycles. The smallest absolute Gasteiger partial charge is 0.254 e. The summed E-state index contributed by atoms with van der Waals surface area (Å²) in [6.45, 7) is 3.33.